The molecule has 0 aromatic heterocycles. The van der Waals surface area contributed by atoms with E-state index in [4.69, 9.17) is 10.5 Å². The summed E-state index contributed by atoms with van der Waals surface area (Å²) in [7, 11) is 1.48. The summed E-state index contributed by atoms with van der Waals surface area (Å²) in [6.07, 6.45) is 0. The Hall–Kier alpha value is -1.07. The minimum absolute atomic E-state index is 0.502. The average Bonchev–Trinajstić information content (AvgIpc) is 2.16. The van der Waals surface area contributed by atoms with Crippen LogP contribution in [0.1, 0.15) is 17.7 Å². The SMILES string of the molecule is COc1cc(N)ccc1C(C)S(=O)[O-]. The summed E-state index contributed by atoms with van der Waals surface area (Å²) in [5, 5.41) is -0.592. The molecule has 78 valence electrons. The number of rotatable bonds is 3. The largest absolute Gasteiger partial charge is 0.772 e. The molecule has 1 aromatic carbocycles. The first-order valence-electron chi connectivity index (χ1n) is 4.07. The molecule has 2 N–H and O–H groups in total. The number of nitrogen functional groups attached to an aromatic ring is 1. The van der Waals surface area contributed by atoms with Crippen molar-refractivity contribution >= 4 is 16.8 Å². The van der Waals surface area contributed by atoms with Crippen LogP contribution in [-0.4, -0.2) is 15.9 Å². The molecule has 0 saturated carbocycles. The molecular weight excluding hydrogens is 202 g/mol. The highest BCUT2D eigenvalue weighted by Gasteiger charge is 2.11. The van der Waals surface area contributed by atoms with Gasteiger partial charge in [-0.3, -0.25) is 4.21 Å². The first-order valence-corrected chi connectivity index (χ1v) is 5.21. The molecular formula is C9H12NO3S-. The quantitative estimate of drug-likeness (QED) is 0.606. The third-order valence-corrected chi connectivity index (χ3v) is 2.82. The van der Waals surface area contributed by atoms with E-state index in [2.05, 4.69) is 0 Å². The number of methoxy groups -OCH3 is 1. The maximum Gasteiger partial charge on any atom is 0.125 e. The molecule has 0 bridgehead atoms. The second-order valence-electron chi connectivity index (χ2n) is 2.90. The Kier molecular flexibility index (Phi) is 3.49. The van der Waals surface area contributed by atoms with Crippen molar-refractivity contribution < 1.29 is 13.5 Å². The molecule has 5 heteroatoms. The van der Waals surface area contributed by atoms with Gasteiger partial charge in [0.15, 0.2) is 0 Å². The summed E-state index contributed by atoms with van der Waals surface area (Å²) in [5.74, 6) is 0.502. The van der Waals surface area contributed by atoms with E-state index < -0.39 is 16.3 Å². The van der Waals surface area contributed by atoms with E-state index in [1.54, 1.807) is 25.1 Å². The summed E-state index contributed by atoms with van der Waals surface area (Å²) in [6, 6.07) is 4.93. The standard InChI is InChI=1S/C9H13NO3S/c1-6(14(11)12)8-4-3-7(10)5-9(8)13-2/h3-6H,10H2,1-2H3,(H,11,12)/p-1. The molecule has 1 aromatic rings. The molecule has 0 heterocycles. The van der Waals surface area contributed by atoms with Crippen molar-refractivity contribution in [3.05, 3.63) is 23.8 Å². The zero-order chi connectivity index (χ0) is 10.7. The van der Waals surface area contributed by atoms with Crippen molar-refractivity contribution in [1.29, 1.82) is 0 Å². The van der Waals surface area contributed by atoms with Crippen LogP contribution >= 0.6 is 0 Å². The fraction of sp³-hybridized carbons (Fsp3) is 0.333. The van der Waals surface area contributed by atoms with Gasteiger partial charge in [0, 0.05) is 22.6 Å². The van der Waals surface area contributed by atoms with Crippen LogP contribution in [0.2, 0.25) is 0 Å². The van der Waals surface area contributed by atoms with Gasteiger partial charge in [-0.15, -0.1) is 0 Å². The molecule has 14 heavy (non-hydrogen) atoms. The molecule has 0 amide bonds. The summed E-state index contributed by atoms with van der Waals surface area (Å²) < 4.78 is 26.6. The topological polar surface area (TPSA) is 75.4 Å². The van der Waals surface area contributed by atoms with Gasteiger partial charge in [0.25, 0.3) is 0 Å². The van der Waals surface area contributed by atoms with Gasteiger partial charge in [-0.25, -0.2) is 0 Å². The van der Waals surface area contributed by atoms with Gasteiger partial charge in [-0.1, -0.05) is 6.07 Å². The minimum atomic E-state index is -2.15. The fourth-order valence-corrected chi connectivity index (χ4v) is 1.57. The lowest BCUT2D eigenvalue weighted by Crippen LogP contribution is -2.04. The zero-order valence-corrected chi connectivity index (χ0v) is 8.84. The lowest BCUT2D eigenvalue weighted by atomic mass is 10.1. The van der Waals surface area contributed by atoms with Crippen molar-refractivity contribution in [2.45, 2.75) is 12.2 Å². The van der Waals surface area contributed by atoms with Crippen molar-refractivity contribution in [1.82, 2.24) is 0 Å². The smallest absolute Gasteiger partial charge is 0.125 e. The zero-order valence-electron chi connectivity index (χ0n) is 8.02. The normalized spacial score (nSPS) is 14.8. The summed E-state index contributed by atoms with van der Waals surface area (Å²) >= 11 is -2.15. The van der Waals surface area contributed by atoms with E-state index >= 15 is 0 Å². The molecule has 0 aliphatic rings. The molecule has 0 aliphatic heterocycles. The lowest BCUT2D eigenvalue weighted by Gasteiger charge is -2.18. The first kappa shape index (κ1) is 11.0. The van der Waals surface area contributed by atoms with Crippen molar-refractivity contribution in [3.8, 4) is 5.75 Å². The highest BCUT2D eigenvalue weighted by molar-refractivity contribution is 7.79. The Balaban J connectivity index is 3.13. The van der Waals surface area contributed by atoms with Crippen LogP contribution in [0.25, 0.3) is 0 Å². The molecule has 0 aliphatic carbocycles. The van der Waals surface area contributed by atoms with E-state index in [9.17, 15) is 8.76 Å². The number of nitrogens with two attached hydrogens (primary N) is 1. The predicted octanol–water partition coefficient (Wildman–Crippen LogP) is 1.22. The lowest BCUT2D eigenvalue weighted by molar-refractivity contribution is 0.409. The summed E-state index contributed by atoms with van der Waals surface area (Å²) in [5.41, 5.74) is 6.72. The molecule has 2 unspecified atom stereocenters. The van der Waals surface area contributed by atoms with Crippen LogP contribution < -0.4 is 10.5 Å². The van der Waals surface area contributed by atoms with Gasteiger partial charge >= 0.3 is 0 Å². The van der Waals surface area contributed by atoms with Gasteiger partial charge in [-0.05, 0) is 24.1 Å². The maximum atomic E-state index is 10.8. The second kappa shape index (κ2) is 4.43. The van der Waals surface area contributed by atoms with Gasteiger partial charge < -0.3 is 15.0 Å². The van der Waals surface area contributed by atoms with E-state index in [1.807, 2.05) is 0 Å². The molecule has 0 spiro atoms. The van der Waals surface area contributed by atoms with E-state index in [0.717, 1.165) is 0 Å². The Morgan fingerprint density at radius 2 is 2.21 bits per heavy atom. The first-order chi connectivity index (χ1) is 6.56. The van der Waals surface area contributed by atoms with Crippen LogP contribution in [0.5, 0.6) is 5.75 Å². The third-order valence-electron chi connectivity index (χ3n) is 1.98. The number of hydrogen-bond donors (Lipinski definition) is 1. The number of benzene rings is 1. The molecule has 4 nitrogen and oxygen atoms in total. The fourth-order valence-electron chi connectivity index (χ4n) is 1.17. The predicted molar refractivity (Wildman–Crippen MR) is 54.7 cm³/mol. The Bertz CT molecular complexity index is 354. The maximum absolute atomic E-state index is 10.8. The van der Waals surface area contributed by atoms with E-state index in [0.29, 0.717) is 17.0 Å². The van der Waals surface area contributed by atoms with Crippen LogP contribution in [0.3, 0.4) is 0 Å². The van der Waals surface area contributed by atoms with Crippen molar-refractivity contribution in [3.63, 3.8) is 0 Å². The van der Waals surface area contributed by atoms with Crippen LogP contribution in [0.15, 0.2) is 18.2 Å². The Morgan fingerprint density at radius 1 is 1.57 bits per heavy atom. The highest BCUT2D eigenvalue weighted by Crippen LogP contribution is 2.29. The average molecular weight is 214 g/mol. The van der Waals surface area contributed by atoms with E-state index in [1.165, 1.54) is 7.11 Å². The third kappa shape index (κ3) is 2.24. The van der Waals surface area contributed by atoms with Crippen LogP contribution in [0, 0.1) is 0 Å². The Morgan fingerprint density at radius 3 is 2.71 bits per heavy atom. The van der Waals surface area contributed by atoms with Crippen LogP contribution in [0.4, 0.5) is 5.69 Å². The highest BCUT2D eigenvalue weighted by atomic mass is 32.2. The number of anilines is 1. The van der Waals surface area contributed by atoms with Gasteiger partial charge in [0.05, 0.1) is 7.11 Å². The van der Waals surface area contributed by atoms with Gasteiger partial charge in [0.1, 0.15) is 5.75 Å². The van der Waals surface area contributed by atoms with Crippen LogP contribution in [-0.2, 0) is 11.1 Å². The van der Waals surface area contributed by atoms with Crippen molar-refractivity contribution in [2.75, 3.05) is 12.8 Å². The van der Waals surface area contributed by atoms with Gasteiger partial charge in [0.2, 0.25) is 0 Å². The Labute approximate surface area is 85.4 Å². The van der Waals surface area contributed by atoms with E-state index in [-0.39, 0.29) is 0 Å². The molecule has 0 radical (unpaired) electrons. The van der Waals surface area contributed by atoms with Gasteiger partial charge in [-0.2, -0.15) is 0 Å². The molecule has 0 fully saturated rings. The molecule has 1 rings (SSSR count). The minimum Gasteiger partial charge on any atom is -0.772 e. The molecule has 2 atom stereocenters. The molecule has 0 saturated heterocycles. The number of ether oxygens (including phenoxy) is 1. The summed E-state index contributed by atoms with van der Waals surface area (Å²) in [4.78, 5) is 0. The monoisotopic (exact) mass is 214 g/mol. The summed E-state index contributed by atoms with van der Waals surface area (Å²) in [6.45, 7) is 1.59. The second-order valence-corrected chi connectivity index (χ2v) is 4.13. The number of hydrogen-bond acceptors (Lipinski definition) is 4. The van der Waals surface area contributed by atoms with Crippen molar-refractivity contribution in [2.24, 2.45) is 0 Å².